The number of hydrogen-bond donors (Lipinski definition) is 0. The molecule has 0 radical (unpaired) electrons. The van der Waals surface area contributed by atoms with Gasteiger partial charge in [0.15, 0.2) is 0 Å². The van der Waals surface area contributed by atoms with Gasteiger partial charge in [0.05, 0.1) is 0 Å². The maximum atomic E-state index is 2.68. The van der Waals surface area contributed by atoms with E-state index < -0.39 is 0 Å². The first-order chi connectivity index (χ1) is 28.5. The SMILES string of the molecule is CC1(C)C2=C(CC3C(=C2)C(c2ccccc2)=C2C=C4C(CC2=C3c2ccc3c(c2)C(C)(C)c2ccccc2-3)c2ccc(-c3ccccc3)cc2C4(C)C)c2ccccc21. The van der Waals surface area contributed by atoms with Crippen molar-refractivity contribution in [3.8, 4) is 22.3 Å². The fourth-order valence-electron chi connectivity index (χ4n) is 12.6. The van der Waals surface area contributed by atoms with Gasteiger partial charge in [-0.1, -0.05) is 193 Å². The van der Waals surface area contributed by atoms with Crippen molar-refractivity contribution in [2.45, 2.75) is 76.5 Å². The maximum absolute atomic E-state index is 2.68. The van der Waals surface area contributed by atoms with Crippen molar-refractivity contribution in [1.82, 2.24) is 0 Å². The Hall–Kier alpha value is -5.98. The minimum atomic E-state index is -0.1000. The number of rotatable bonds is 3. The number of hydrogen-bond acceptors (Lipinski definition) is 0. The summed E-state index contributed by atoms with van der Waals surface area (Å²) in [5, 5.41) is 0. The second kappa shape index (κ2) is 12.0. The standard InChI is InChI=1S/C59H50/c1-57(2)49-23-15-13-21-39(49)41-28-26-38(30-52(41)57)56-45-31-43-40-22-14-16-24-50(40)58(3,4)53(43)33-47(45)55(36-19-11-8-12-20-36)48-34-54-44(32-46(48)56)42-27-25-37(29-51(42)59(54,5)6)35-17-9-7-10-18-35/h7-30,33-34,44-45H,31-32H2,1-6H3. The van der Waals surface area contributed by atoms with E-state index in [2.05, 4.69) is 199 Å². The lowest BCUT2D eigenvalue weighted by Gasteiger charge is -2.42. The molecule has 6 aromatic carbocycles. The topological polar surface area (TPSA) is 0 Å². The Labute approximate surface area is 350 Å². The minimum Gasteiger partial charge on any atom is -0.0622 e. The molecule has 6 aromatic rings. The molecule has 2 atom stereocenters. The minimum absolute atomic E-state index is 0.0639. The summed E-state index contributed by atoms with van der Waals surface area (Å²) in [5.74, 6) is 0.569. The van der Waals surface area contributed by atoms with Crippen LogP contribution in [0.2, 0.25) is 0 Å². The van der Waals surface area contributed by atoms with E-state index in [0.29, 0.717) is 5.92 Å². The molecule has 12 rings (SSSR count). The predicted molar refractivity (Wildman–Crippen MR) is 247 cm³/mol. The highest BCUT2D eigenvalue weighted by Crippen LogP contribution is 2.64. The second-order valence-electron chi connectivity index (χ2n) is 19.5. The molecular weight excluding hydrogens is 709 g/mol. The van der Waals surface area contributed by atoms with Crippen LogP contribution in [0, 0.1) is 5.92 Å². The number of fused-ring (bicyclic) bond motifs is 10. The van der Waals surface area contributed by atoms with Crippen molar-refractivity contribution in [3.05, 3.63) is 230 Å². The summed E-state index contributed by atoms with van der Waals surface area (Å²) in [5.41, 5.74) is 28.6. The van der Waals surface area contributed by atoms with Crippen LogP contribution in [0.1, 0.15) is 105 Å². The Morgan fingerprint density at radius 3 is 1.76 bits per heavy atom. The molecule has 0 heterocycles. The Balaban J connectivity index is 1.14. The monoisotopic (exact) mass is 758 g/mol. The van der Waals surface area contributed by atoms with Gasteiger partial charge in [-0.2, -0.15) is 0 Å². The average molecular weight is 759 g/mol. The molecule has 6 aliphatic carbocycles. The van der Waals surface area contributed by atoms with Gasteiger partial charge >= 0.3 is 0 Å². The van der Waals surface area contributed by atoms with Crippen molar-refractivity contribution >= 4 is 16.7 Å². The van der Waals surface area contributed by atoms with Gasteiger partial charge in [0, 0.05) is 28.1 Å². The van der Waals surface area contributed by atoms with Gasteiger partial charge in [0.1, 0.15) is 0 Å². The summed E-state index contributed by atoms with van der Waals surface area (Å²) in [7, 11) is 0. The van der Waals surface area contributed by atoms with Crippen LogP contribution in [0.4, 0.5) is 0 Å². The van der Waals surface area contributed by atoms with Crippen LogP contribution in [0.5, 0.6) is 0 Å². The van der Waals surface area contributed by atoms with Crippen molar-refractivity contribution in [1.29, 1.82) is 0 Å². The molecule has 2 unspecified atom stereocenters. The predicted octanol–water partition coefficient (Wildman–Crippen LogP) is 15.0. The van der Waals surface area contributed by atoms with Gasteiger partial charge in [-0.15, -0.1) is 0 Å². The Morgan fingerprint density at radius 1 is 0.424 bits per heavy atom. The molecule has 286 valence electrons. The van der Waals surface area contributed by atoms with Gasteiger partial charge in [0.2, 0.25) is 0 Å². The lowest BCUT2D eigenvalue weighted by atomic mass is 9.62. The van der Waals surface area contributed by atoms with E-state index in [1.54, 1.807) is 11.1 Å². The summed E-state index contributed by atoms with van der Waals surface area (Å²) >= 11 is 0. The van der Waals surface area contributed by atoms with Crippen LogP contribution in [0.3, 0.4) is 0 Å². The first-order valence-electron chi connectivity index (χ1n) is 21.8. The third kappa shape index (κ3) is 4.72. The van der Waals surface area contributed by atoms with Crippen LogP contribution >= 0.6 is 0 Å². The molecule has 6 aliphatic rings. The zero-order valence-corrected chi connectivity index (χ0v) is 35.1. The molecule has 0 saturated carbocycles. The molecule has 0 bridgehead atoms. The Bertz CT molecular complexity index is 2980. The Morgan fingerprint density at radius 2 is 1.02 bits per heavy atom. The quantitative estimate of drug-likeness (QED) is 0.169. The summed E-state index contributed by atoms with van der Waals surface area (Å²) < 4.78 is 0. The highest BCUT2D eigenvalue weighted by atomic mass is 14.5. The fraction of sp³-hybridized carbons (Fsp3) is 0.220. The van der Waals surface area contributed by atoms with Gasteiger partial charge in [0.25, 0.3) is 0 Å². The van der Waals surface area contributed by atoms with E-state index in [1.165, 1.54) is 100 Å². The number of allylic oxidation sites excluding steroid dienone is 10. The summed E-state index contributed by atoms with van der Waals surface area (Å²) in [4.78, 5) is 0. The van der Waals surface area contributed by atoms with Crippen molar-refractivity contribution < 1.29 is 0 Å². The summed E-state index contributed by atoms with van der Waals surface area (Å²) in [6.45, 7) is 14.7. The van der Waals surface area contributed by atoms with E-state index in [9.17, 15) is 0 Å². The number of benzene rings is 6. The molecule has 59 heavy (non-hydrogen) atoms. The van der Waals surface area contributed by atoms with E-state index in [0.717, 1.165) is 12.8 Å². The van der Waals surface area contributed by atoms with Crippen LogP contribution in [-0.4, -0.2) is 0 Å². The van der Waals surface area contributed by atoms with Crippen molar-refractivity contribution in [3.63, 3.8) is 0 Å². The molecular formula is C59H50. The maximum Gasteiger partial charge on any atom is 0.0159 e. The normalized spacial score (nSPS) is 22.0. The largest absolute Gasteiger partial charge is 0.0622 e. The molecule has 0 nitrogen and oxygen atoms in total. The van der Waals surface area contributed by atoms with Gasteiger partial charge < -0.3 is 0 Å². The van der Waals surface area contributed by atoms with Crippen LogP contribution in [0.15, 0.2) is 186 Å². The zero-order valence-electron chi connectivity index (χ0n) is 35.1. The summed E-state index contributed by atoms with van der Waals surface area (Å²) in [6, 6.07) is 55.5. The van der Waals surface area contributed by atoms with E-state index in [1.807, 2.05) is 0 Å². The molecule has 0 aliphatic heterocycles. The molecule has 0 heteroatoms. The first kappa shape index (κ1) is 35.0. The van der Waals surface area contributed by atoms with Crippen LogP contribution in [0.25, 0.3) is 39.0 Å². The summed E-state index contributed by atoms with van der Waals surface area (Å²) in [6.07, 6.45) is 7.35. The van der Waals surface area contributed by atoms with Crippen LogP contribution < -0.4 is 0 Å². The van der Waals surface area contributed by atoms with E-state index >= 15 is 0 Å². The highest BCUT2D eigenvalue weighted by molar-refractivity contribution is 6.01. The Kier molecular flexibility index (Phi) is 7.15. The third-order valence-electron chi connectivity index (χ3n) is 15.5. The van der Waals surface area contributed by atoms with Gasteiger partial charge in [-0.05, 0) is 131 Å². The molecule has 0 saturated heterocycles. The smallest absolute Gasteiger partial charge is 0.0159 e. The molecule has 0 N–H and O–H groups in total. The van der Waals surface area contributed by atoms with Crippen molar-refractivity contribution in [2.24, 2.45) is 5.92 Å². The molecule has 0 fully saturated rings. The zero-order chi connectivity index (χ0) is 40.0. The van der Waals surface area contributed by atoms with E-state index in [-0.39, 0.29) is 22.2 Å². The van der Waals surface area contributed by atoms with Crippen molar-refractivity contribution in [2.75, 3.05) is 0 Å². The molecule has 0 amide bonds. The highest BCUT2D eigenvalue weighted by Gasteiger charge is 2.49. The lowest BCUT2D eigenvalue weighted by molar-refractivity contribution is 0.603. The lowest BCUT2D eigenvalue weighted by Crippen LogP contribution is -2.26. The average Bonchev–Trinajstić information content (AvgIpc) is 3.73. The van der Waals surface area contributed by atoms with E-state index in [4.69, 9.17) is 0 Å². The van der Waals surface area contributed by atoms with Gasteiger partial charge in [-0.25, -0.2) is 0 Å². The first-order valence-corrected chi connectivity index (χ1v) is 21.8. The third-order valence-corrected chi connectivity index (χ3v) is 15.5. The van der Waals surface area contributed by atoms with Gasteiger partial charge in [-0.3, -0.25) is 0 Å². The molecule has 0 spiro atoms. The van der Waals surface area contributed by atoms with Crippen LogP contribution in [-0.2, 0) is 16.2 Å². The fourth-order valence-corrected chi connectivity index (χ4v) is 12.6. The molecule has 0 aromatic heterocycles. The second-order valence-corrected chi connectivity index (χ2v) is 19.5.